The molecule has 0 aliphatic carbocycles. The van der Waals surface area contributed by atoms with Crippen molar-refractivity contribution >= 4 is 25.4 Å². The van der Waals surface area contributed by atoms with E-state index in [2.05, 4.69) is 31.3 Å². The summed E-state index contributed by atoms with van der Waals surface area (Å²) in [7, 11) is 0.379. The standard InChI is InChI=1S/C27H33N3O5Si/c1-20(32-2)22-11-12-26-25(15-22)29(27(31)18-34-26)17-23-16-24(21-9-7-6-8-10-21)30(28-23)35-19-33-13-14-36(3,4)5/h6-12,15-16H,1,13-14,17-19H2,2-5H3. The number of carbonyl (C=O) groups excluding carboxylic acids is 1. The van der Waals surface area contributed by atoms with Gasteiger partial charge in [-0.1, -0.05) is 61.4 Å². The molecular formula is C27H33N3O5Si. The van der Waals surface area contributed by atoms with Crippen molar-refractivity contribution in [3.05, 3.63) is 72.4 Å². The minimum absolute atomic E-state index is 0.0365. The molecule has 0 radical (unpaired) electrons. The number of rotatable bonds is 11. The Bertz CT molecular complexity index is 1220. The van der Waals surface area contributed by atoms with Gasteiger partial charge < -0.3 is 19.0 Å². The van der Waals surface area contributed by atoms with Crippen LogP contribution in [-0.2, 0) is 20.8 Å². The quantitative estimate of drug-likeness (QED) is 0.160. The van der Waals surface area contributed by atoms with Gasteiger partial charge in [-0.2, -0.15) is 0 Å². The predicted octanol–water partition coefficient (Wildman–Crippen LogP) is 4.83. The fourth-order valence-corrected chi connectivity index (χ4v) is 4.50. The van der Waals surface area contributed by atoms with E-state index < -0.39 is 8.07 Å². The summed E-state index contributed by atoms with van der Waals surface area (Å²) in [5, 5.41) is 4.65. The van der Waals surface area contributed by atoms with Gasteiger partial charge in [0.25, 0.3) is 5.91 Å². The van der Waals surface area contributed by atoms with Gasteiger partial charge in [0.1, 0.15) is 17.2 Å². The number of aromatic nitrogens is 2. The minimum Gasteiger partial charge on any atom is -0.497 e. The summed E-state index contributed by atoms with van der Waals surface area (Å²) in [5.41, 5.74) is 3.82. The first-order valence-electron chi connectivity index (χ1n) is 11.9. The molecule has 36 heavy (non-hydrogen) atoms. The molecule has 0 N–H and O–H groups in total. The Morgan fingerprint density at radius 2 is 1.92 bits per heavy atom. The molecule has 9 heteroatoms. The van der Waals surface area contributed by atoms with E-state index in [1.807, 2.05) is 54.6 Å². The topological polar surface area (TPSA) is 75.0 Å². The van der Waals surface area contributed by atoms with E-state index in [4.69, 9.17) is 19.0 Å². The van der Waals surface area contributed by atoms with E-state index in [-0.39, 0.29) is 25.9 Å². The van der Waals surface area contributed by atoms with Gasteiger partial charge in [0, 0.05) is 25.8 Å². The summed E-state index contributed by atoms with van der Waals surface area (Å²) in [6.07, 6.45) is 0. The first-order chi connectivity index (χ1) is 17.2. The Morgan fingerprint density at radius 3 is 2.64 bits per heavy atom. The van der Waals surface area contributed by atoms with Crippen LogP contribution < -0.4 is 14.5 Å². The maximum Gasteiger partial charge on any atom is 0.265 e. The number of amides is 1. The van der Waals surface area contributed by atoms with E-state index in [0.29, 0.717) is 29.5 Å². The van der Waals surface area contributed by atoms with Gasteiger partial charge in [0.05, 0.1) is 25.0 Å². The Kier molecular flexibility index (Phi) is 7.81. The monoisotopic (exact) mass is 507 g/mol. The molecule has 1 aliphatic heterocycles. The zero-order chi connectivity index (χ0) is 25.7. The molecule has 0 unspecified atom stereocenters. The molecule has 1 aromatic heterocycles. The lowest BCUT2D eigenvalue weighted by molar-refractivity contribution is -0.121. The number of hydrogen-bond acceptors (Lipinski definition) is 6. The van der Waals surface area contributed by atoms with Crippen LogP contribution in [0.15, 0.2) is 61.2 Å². The molecule has 2 heterocycles. The van der Waals surface area contributed by atoms with Gasteiger partial charge in [0.15, 0.2) is 6.61 Å². The van der Waals surface area contributed by atoms with E-state index in [0.717, 1.165) is 22.9 Å². The van der Waals surface area contributed by atoms with E-state index in [1.54, 1.807) is 12.0 Å². The van der Waals surface area contributed by atoms with Crippen molar-refractivity contribution in [1.29, 1.82) is 0 Å². The van der Waals surface area contributed by atoms with Gasteiger partial charge in [-0.25, -0.2) is 0 Å². The first kappa shape index (κ1) is 25.5. The lowest BCUT2D eigenvalue weighted by atomic mass is 10.1. The number of hydrogen-bond donors (Lipinski definition) is 0. The number of benzene rings is 2. The zero-order valence-electron chi connectivity index (χ0n) is 21.3. The van der Waals surface area contributed by atoms with Crippen molar-refractivity contribution in [2.75, 3.05) is 32.0 Å². The molecule has 8 nitrogen and oxygen atoms in total. The van der Waals surface area contributed by atoms with Crippen molar-refractivity contribution in [3.8, 4) is 17.0 Å². The van der Waals surface area contributed by atoms with Gasteiger partial charge in [-0.15, -0.1) is 5.10 Å². The highest BCUT2D eigenvalue weighted by Gasteiger charge is 2.28. The smallest absolute Gasteiger partial charge is 0.265 e. The van der Waals surface area contributed by atoms with Crippen molar-refractivity contribution in [1.82, 2.24) is 9.94 Å². The highest BCUT2D eigenvalue weighted by Crippen LogP contribution is 2.35. The molecular weight excluding hydrogens is 474 g/mol. The number of ether oxygens (including phenoxy) is 3. The van der Waals surface area contributed by atoms with Crippen molar-refractivity contribution in [2.45, 2.75) is 32.2 Å². The molecule has 0 atom stereocenters. The molecule has 190 valence electrons. The van der Waals surface area contributed by atoms with E-state index in [1.165, 1.54) is 4.85 Å². The van der Waals surface area contributed by atoms with Crippen LogP contribution >= 0.6 is 0 Å². The predicted molar refractivity (Wildman–Crippen MR) is 142 cm³/mol. The van der Waals surface area contributed by atoms with Crippen LogP contribution in [0.5, 0.6) is 5.75 Å². The molecule has 0 saturated heterocycles. The molecule has 0 saturated carbocycles. The average Bonchev–Trinajstić information content (AvgIpc) is 3.27. The van der Waals surface area contributed by atoms with Gasteiger partial charge >= 0.3 is 0 Å². The molecule has 1 aliphatic rings. The molecule has 0 fully saturated rings. The Balaban J connectivity index is 1.57. The zero-order valence-corrected chi connectivity index (χ0v) is 22.3. The lowest BCUT2D eigenvalue weighted by Gasteiger charge is -2.29. The Hall–Kier alpha value is -3.56. The third kappa shape index (κ3) is 6.16. The molecule has 0 spiro atoms. The fourth-order valence-electron chi connectivity index (χ4n) is 3.74. The summed E-state index contributed by atoms with van der Waals surface area (Å²) in [6, 6.07) is 18.4. The van der Waals surface area contributed by atoms with Gasteiger partial charge in [-0.3, -0.25) is 9.69 Å². The van der Waals surface area contributed by atoms with Crippen LogP contribution in [-0.4, -0.2) is 51.0 Å². The summed E-state index contributed by atoms with van der Waals surface area (Å²) in [4.78, 5) is 21.9. The van der Waals surface area contributed by atoms with Crippen molar-refractivity contribution in [2.24, 2.45) is 0 Å². The molecule has 1 amide bonds. The van der Waals surface area contributed by atoms with Crippen molar-refractivity contribution in [3.63, 3.8) is 0 Å². The number of anilines is 1. The van der Waals surface area contributed by atoms with Crippen LogP contribution in [0.25, 0.3) is 17.0 Å². The van der Waals surface area contributed by atoms with Crippen LogP contribution in [0.2, 0.25) is 25.7 Å². The maximum absolute atomic E-state index is 12.9. The summed E-state index contributed by atoms with van der Waals surface area (Å²) < 4.78 is 16.6. The van der Waals surface area contributed by atoms with Crippen LogP contribution in [0.1, 0.15) is 11.3 Å². The van der Waals surface area contributed by atoms with Crippen LogP contribution in [0.4, 0.5) is 5.69 Å². The normalized spacial score (nSPS) is 13.2. The summed E-state index contributed by atoms with van der Waals surface area (Å²) >= 11 is 0. The third-order valence-corrected chi connectivity index (χ3v) is 7.55. The largest absolute Gasteiger partial charge is 0.497 e. The SMILES string of the molecule is C=C(OC)c1ccc2c(c1)N(Cc1cc(-c3ccccc3)n(OCOCC[Si](C)(C)C)n1)C(=O)CO2. The van der Waals surface area contributed by atoms with Gasteiger partial charge in [0.2, 0.25) is 6.79 Å². The van der Waals surface area contributed by atoms with Crippen LogP contribution in [0.3, 0.4) is 0 Å². The molecule has 0 bridgehead atoms. The third-order valence-electron chi connectivity index (χ3n) is 5.84. The molecule has 3 aromatic rings. The molecule has 2 aromatic carbocycles. The van der Waals surface area contributed by atoms with E-state index in [9.17, 15) is 4.79 Å². The number of nitrogens with zero attached hydrogens (tertiary/aromatic N) is 3. The second kappa shape index (κ2) is 11.0. The number of methoxy groups -OCH3 is 1. The Labute approximate surface area is 213 Å². The average molecular weight is 508 g/mol. The molecule has 4 rings (SSSR count). The maximum atomic E-state index is 12.9. The lowest BCUT2D eigenvalue weighted by Crippen LogP contribution is -2.38. The number of carbonyl (C=O) groups is 1. The Morgan fingerprint density at radius 1 is 1.14 bits per heavy atom. The highest BCUT2D eigenvalue weighted by atomic mass is 28.3. The minimum atomic E-state index is -1.18. The van der Waals surface area contributed by atoms with Crippen molar-refractivity contribution < 1.29 is 23.8 Å². The fraction of sp³-hybridized carbons (Fsp3) is 0.333. The summed E-state index contributed by atoms with van der Waals surface area (Å²) in [6.45, 7) is 11.8. The van der Waals surface area contributed by atoms with Gasteiger partial charge in [-0.05, 0) is 30.3 Å². The van der Waals surface area contributed by atoms with Crippen LogP contribution in [0, 0.1) is 0 Å². The second-order valence-electron chi connectivity index (χ2n) is 9.80. The second-order valence-corrected chi connectivity index (χ2v) is 15.4. The summed E-state index contributed by atoms with van der Waals surface area (Å²) in [5.74, 6) is 0.972. The number of fused-ring (bicyclic) bond motifs is 1. The first-order valence-corrected chi connectivity index (χ1v) is 15.6. The van der Waals surface area contributed by atoms with E-state index >= 15 is 0 Å². The highest BCUT2D eigenvalue weighted by molar-refractivity contribution is 6.76.